The Hall–Kier alpha value is 0.154. The van der Waals surface area contributed by atoms with Crippen LogP contribution in [0.25, 0.3) is 0 Å². The molecule has 0 radical (unpaired) electrons. The van der Waals surface area contributed by atoms with E-state index in [-0.39, 0.29) is 0 Å². The molecule has 0 bridgehead atoms. The SMILES string of the molecule is CO[Si](C)(OC)OC.CO[Si](O)(O)O. The van der Waals surface area contributed by atoms with E-state index in [1.54, 1.807) is 21.3 Å². The van der Waals surface area contributed by atoms with Crippen LogP contribution in [0.15, 0.2) is 0 Å². The van der Waals surface area contributed by atoms with Crippen molar-refractivity contribution in [1.82, 2.24) is 0 Å². The van der Waals surface area contributed by atoms with Gasteiger partial charge in [-0.15, -0.1) is 0 Å². The maximum atomic E-state index is 7.85. The summed E-state index contributed by atoms with van der Waals surface area (Å²) in [7, 11) is -0.535. The zero-order valence-corrected chi connectivity index (χ0v) is 11.0. The molecule has 0 heterocycles. The molecule has 9 heteroatoms. The molecule has 0 aliphatic heterocycles. The first kappa shape index (κ1) is 16.6. The molecule has 3 N–H and O–H groups in total. The van der Waals surface area contributed by atoms with Gasteiger partial charge in [-0.2, -0.15) is 0 Å². The molecule has 0 spiro atoms. The summed E-state index contributed by atoms with van der Waals surface area (Å²) in [5.41, 5.74) is 0. The highest BCUT2D eigenvalue weighted by molar-refractivity contribution is 6.58. The fraction of sp³-hybridized carbons (Fsp3) is 1.00. The zero-order valence-electron chi connectivity index (χ0n) is 8.97. The maximum Gasteiger partial charge on any atom is 0.671 e. The molecule has 0 atom stereocenters. The Kier molecular flexibility index (Phi) is 8.82. The van der Waals surface area contributed by atoms with Gasteiger partial charge in [0.1, 0.15) is 0 Å². The Labute approximate surface area is 85.7 Å². The van der Waals surface area contributed by atoms with Gasteiger partial charge in [-0.05, 0) is 0 Å². The molecule has 7 nitrogen and oxygen atoms in total. The third-order valence-electron chi connectivity index (χ3n) is 1.39. The zero-order chi connectivity index (χ0) is 11.8. The summed E-state index contributed by atoms with van der Waals surface area (Å²) in [5.74, 6) is 0. The minimum atomic E-state index is -4.13. The van der Waals surface area contributed by atoms with Crippen LogP contribution in [0.1, 0.15) is 0 Å². The highest BCUT2D eigenvalue weighted by Crippen LogP contribution is 2.02. The lowest BCUT2D eigenvalue weighted by Gasteiger charge is -2.18. The van der Waals surface area contributed by atoms with E-state index >= 15 is 0 Å². The average molecular weight is 246 g/mol. The Morgan fingerprint density at radius 3 is 0.929 bits per heavy atom. The van der Waals surface area contributed by atoms with Gasteiger partial charge in [0.05, 0.1) is 0 Å². The van der Waals surface area contributed by atoms with Crippen LogP contribution in [-0.2, 0) is 17.7 Å². The highest BCUT2D eigenvalue weighted by Gasteiger charge is 2.29. The van der Waals surface area contributed by atoms with Crippen molar-refractivity contribution < 1.29 is 32.1 Å². The minimum Gasteiger partial charge on any atom is -0.377 e. The lowest BCUT2D eigenvalue weighted by Crippen LogP contribution is -2.38. The number of rotatable bonds is 4. The van der Waals surface area contributed by atoms with E-state index in [1.807, 2.05) is 6.55 Å². The molecule has 0 saturated carbocycles. The molecule has 88 valence electrons. The normalized spacial score (nSPS) is 12.0. The van der Waals surface area contributed by atoms with Gasteiger partial charge in [-0.1, -0.05) is 0 Å². The van der Waals surface area contributed by atoms with Crippen LogP contribution in [0, 0.1) is 0 Å². The lowest BCUT2D eigenvalue weighted by molar-refractivity contribution is 0.0881. The molecule has 0 aromatic rings. The number of hydrogen-bond donors (Lipinski definition) is 3. The van der Waals surface area contributed by atoms with E-state index in [0.29, 0.717) is 0 Å². The van der Waals surface area contributed by atoms with Gasteiger partial charge in [-0.25, -0.2) is 0 Å². The van der Waals surface area contributed by atoms with Crippen molar-refractivity contribution in [3.63, 3.8) is 0 Å². The molecule has 0 aliphatic carbocycles. The van der Waals surface area contributed by atoms with Crippen LogP contribution in [0.5, 0.6) is 0 Å². The predicted molar refractivity (Wildman–Crippen MR) is 52.1 cm³/mol. The summed E-state index contributed by atoms with van der Waals surface area (Å²) in [6, 6.07) is 0. The second-order valence-corrected chi connectivity index (χ2v) is 6.76. The quantitative estimate of drug-likeness (QED) is 0.521. The summed E-state index contributed by atoms with van der Waals surface area (Å²) in [6.45, 7) is 1.83. The Morgan fingerprint density at radius 2 is 0.929 bits per heavy atom. The topological polar surface area (TPSA) is 97.6 Å². The molecule has 0 saturated heterocycles. The Morgan fingerprint density at radius 1 is 0.714 bits per heavy atom. The van der Waals surface area contributed by atoms with Crippen molar-refractivity contribution in [3.8, 4) is 0 Å². The van der Waals surface area contributed by atoms with Crippen LogP contribution in [-0.4, -0.2) is 60.7 Å². The van der Waals surface area contributed by atoms with Crippen molar-refractivity contribution in [2.24, 2.45) is 0 Å². The molecule has 0 aromatic heterocycles. The first-order valence-corrected chi connectivity index (χ1v) is 7.59. The number of hydrogen-bond acceptors (Lipinski definition) is 7. The van der Waals surface area contributed by atoms with Gasteiger partial charge in [0.25, 0.3) is 0 Å². The summed E-state index contributed by atoms with van der Waals surface area (Å²) in [6.07, 6.45) is 0. The standard InChI is InChI=1S/C4H12O3Si.CH6O4Si/c1-5-8(4,6-2)7-3;1-5-6(2,3)4/h1-4H3;2-4H,1H3. The summed E-state index contributed by atoms with van der Waals surface area (Å²) in [4.78, 5) is 23.6. The van der Waals surface area contributed by atoms with Crippen molar-refractivity contribution in [2.75, 3.05) is 28.4 Å². The highest BCUT2D eigenvalue weighted by atomic mass is 28.4. The van der Waals surface area contributed by atoms with Crippen molar-refractivity contribution in [3.05, 3.63) is 0 Å². The van der Waals surface area contributed by atoms with Gasteiger partial charge in [0, 0.05) is 35.0 Å². The molecule has 14 heavy (non-hydrogen) atoms. The van der Waals surface area contributed by atoms with E-state index in [1.165, 1.54) is 0 Å². The second kappa shape index (κ2) is 7.45. The first-order chi connectivity index (χ1) is 6.24. The monoisotopic (exact) mass is 246 g/mol. The average Bonchev–Trinajstić information content (AvgIpc) is 2.16. The lowest BCUT2D eigenvalue weighted by atomic mass is 11.8. The third kappa shape index (κ3) is 10.2. The van der Waals surface area contributed by atoms with Gasteiger partial charge < -0.3 is 32.1 Å². The minimum absolute atomic E-state index is 1.02. The van der Waals surface area contributed by atoms with Gasteiger partial charge in [-0.3, -0.25) is 0 Å². The van der Waals surface area contributed by atoms with E-state index in [2.05, 4.69) is 4.43 Å². The Balaban J connectivity index is 0. The molecule has 0 amide bonds. The molecular formula is C5H18O7Si2. The predicted octanol–water partition coefficient (Wildman–Crippen LogP) is -1.46. The Bertz CT molecular complexity index is 124. The maximum absolute atomic E-state index is 7.85. The first-order valence-electron chi connectivity index (χ1n) is 3.62. The van der Waals surface area contributed by atoms with Gasteiger partial charge >= 0.3 is 17.9 Å². The molecular weight excluding hydrogens is 228 g/mol. The molecule has 0 unspecified atom stereocenters. The van der Waals surface area contributed by atoms with E-state index in [0.717, 1.165) is 7.11 Å². The van der Waals surface area contributed by atoms with Gasteiger partial charge in [0.2, 0.25) is 0 Å². The summed E-state index contributed by atoms with van der Waals surface area (Å²) in [5, 5.41) is 0. The summed E-state index contributed by atoms with van der Waals surface area (Å²) < 4.78 is 18.5. The van der Waals surface area contributed by atoms with Crippen LogP contribution >= 0.6 is 0 Å². The smallest absolute Gasteiger partial charge is 0.377 e. The van der Waals surface area contributed by atoms with Crippen LogP contribution in [0.3, 0.4) is 0 Å². The third-order valence-corrected chi connectivity index (χ3v) is 4.16. The molecule has 0 aromatic carbocycles. The van der Waals surface area contributed by atoms with Crippen LogP contribution in [0.2, 0.25) is 6.55 Å². The van der Waals surface area contributed by atoms with Crippen molar-refractivity contribution >= 4 is 17.9 Å². The van der Waals surface area contributed by atoms with Crippen LogP contribution < -0.4 is 0 Å². The van der Waals surface area contributed by atoms with E-state index in [9.17, 15) is 0 Å². The van der Waals surface area contributed by atoms with E-state index in [4.69, 9.17) is 27.7 Å². The van der Waals surface area contributed by atoms with Crippen molar-refractivity contribution in [2.45, 2.75) is 6.55 Å². The molecule has 0 aliphatic rings. The molecule has 0 fully saturated rings. The van der Waals surface area contributed by atoms with Gasteiger partial charge in [0.15, 0.2) is 0 Å². The van der Waals surface area contributed by atoms with E-state index < -0.39 is 17.9 Å². The molecule has 0 rings (SSSR count). The van der Waals surface area contributed by atoms with Crippen molar-refractivity contribution in [1.29, 1.82) is 0 Å². The fourth-order valence-electron chi connectivity index (χ4n) is 0.250. The summed E-state index contributed by atoms with van der Waals surface area (Å²) >= 11 is 0. The second-order valence-electron chi connectivity index (χ2n) is 2.25. The fourth-order valence-corrected chi connectivity index (χ4v) is 0.750. The van der Waals surface area contributed by atoms with Crippen LogP contribution in [0.4, 0.5) is 0 Å². The largest absolute Gasteiger partial charge is 0.671 e.